The number of rotatable bonds is 6. The second-order valence-corrected chi connectivity index (χ2v) is 9.99. The largest absolute Gasteiger partial charge is 0.358 e. The van der Waals surface area contributed by atoms with Gasteiger partial charge in [-0.25, -0.2) is 15.0 Å². The van der Waals surface area contributed by atoms with Crippen LogP contribution in [0.4, 0.5) is 5.69 Å². The number of hydrogen-bond acceptors (Lipinski definition) is 6. The average molecular weight is 502 g/mol. The second-order valence-electron chi connectivity index (χ2n) is 9.99. The van der Waals surface area contributed by atoms with E-state index in [-0.39, 0.29) is 0 Å². The number of nitrogens with zero attached hydrogens (tertiary/aromatic N) is 6. The van der Waals surface area contributed by atoms with Crippen LogP contribution in [-0.2, 0) is 0 Å². The van der Waals surface area contributed by atoms with Crippen LogP contribution in [0.15, 0.2) is 73.9 Å². The monoisotopic (exact) mass is 501 g/mol. The molecule has 9 nitrogen and oxygen atoms in total. The summed E-state index contributed by atoms with van der Waals surface area (Å²) in [6.45, 7) is 6.25. The molecule has 0 amide bonds. The fourth-order valence-electron chi connectivity index (χ4n) is 5.41. The molecule has 0 radical (unpaired) electrons. The van der Waals surface area contributed by atoms with E-state index in [1.54, 1.807) is 12.5 Å². The number of fused-ring (bicyclic) bond motifs is 2. The topological polar surface area (TPSA) is 113 Å². The number of nitrogens with one attached hydrogen (secondary N) is 3. The zero-order valence-electron chi connectivity index (χ0n) is 21.1. The second kappa shape index (κ2) is 8.95. The van der Waals surface area contributed by atoms with E-state index in [2.05, 4.69) is 65.2 Å². The molecule has 0 saturated heterocycles. The first kappa shape index (κ1) is 22.4. The van der Waals surface area contributed by atoms with Crippen LogP contribution in [0.2, 0.25) is 0 Å². The standard InChI is InChI=1S/C29H27N9/c1-17-15-38(16-33-17)29-23-11-26(35-25(23)7-8-31-29)27-24-10-21(13-32-28(24)37-36-27)20-9-22(14-30-12-20)34-18(2)19-5-3-4-6-19/h7-16,19,34-35H,2-6H2,1H3,(H,32,36,37). The van der Waals surface area contributed by atoms with Gasteiger partial charge < -0.3 is 10.3 Å². The Labute approximate surface area is 219 Å². The van der Waals surface area contributed by atoms with Crippen LogP contribution in [0.25, 0.3) is 50.3 Å². The minimum Gasteiger partial charge on any atom is -0.358 e. The summed E-state index contributed by atoms with van der Waals surface area (Å²) >= 11 is 0. The lowest BCUT2D eigenvalue weighted by molar-refractivity contribution is 0.649. The molecule has 6 aromatic rings. The van der Waals surface area contributed by atoms with Crippen LogP contribution in [0.5, 0.6) is 0 Å². The van der Waals surface area contributed by atoms with Crippen molar-refractivity contribution in [1.82, 2.24) is 39.7 Å². The number of aromatic amines is 2. The fourth-order valence-corrected chi connectivity index (χ4v) is 5.41. The van der Waals surface area contributed by atoms with Gasteiger partial charge in [0.15, 0.2) is 5.65 Å². The Morgan fingerprint density at radius 1 is 1.03 bits per heavy atom. The summed E-state index contributed by atoms with van der Waals surface area (Å²) in [5, 5.41) is 13.0. The zero-order chi connectivity index (χ0) is 25.6. The Morgan fingerprint density at radius 3 is 2.74 bits per heavy atom. The average Bonchev–Trinajstić information content (AvgIpc) is 3.74. The summed E-state index contributed by atoms with van der Waals surface area (Å²) < 4.78 is 1.94. The molecule has 1 aliphatic carbocycles. The van der Waals surface area contributed by atoms with Crippen LogP contribution >= 0.6 is 0 Å². The van der Waals surface area contributed by atoms with Crippen LogP contribution in [0.1, 0.15) is 31.4 Å². The first-order chi connectivity index (χ1) is 18.6. The number of imidazole rings is 1. The van der Waals surface area contributed by atoms with E-state index in [4.69, 9.17) is 0 Å². The molecule has 0 aromatic carbocycles. The van der Waals surface area contributed by atoms with Gasteiger partial charge in [-0.15, -0.1) is 0 Å². The predicted octanol–water partition coefficient (Wildman–Crippen LogP) is 6.17. The number of hydrogen-bond donors (Lipinski definition) is 3. The molecule has 3 N–H and O–H groups in total. The molecule has 6 heterocycles. The zero-order valence-corrected chi connectivity index (χ0v) is 21.1. The Hall–Kier alpha value is -4.79. The SMILES string of the molecule is C=C(Nc1cncc(-c2cnc3n[nH]c(-c4cc5c(-n6cnc(C)c6)nccc5[nH]4)c3c2)c1)C1CCCC1. The van der Waals surface area contributed by atoms with E-state index in [1.807, 2.05) is 42.3 Å². The Balaban J connectivity index is 1.24. The summed E-state index contributed by atoms with van der Waals surface area (Å²) in [5.74, 6) is 1.36. The lowest BCUT2D eigenvalue weighted by Gasteiger charge is -2.15. The molecule has 0 spiro atoms. The van der Waals surface area contributed by atoms with Gasteiger partial charge in [-0.3, -0.25) is 14.6 Å². The van der Waals surface area contributed by atoms with Gasteiger partial charge in [-0.05, 0) is 49.9 Å². The lowest BCUT2D eigenvalue weighted by atomic mass is 10.0. The van der Waals surface area contributed by atoms with Crippen LogP contribution in [0, 0.1) is 12.8 Å². The number of pyridine rings is 3. The van der Waals surface area contributed by atoms with E-state index >= 15 is 0 Å². The van der Waals surface area contributed by atoms with Crippen molar-refractivity contribution in [3.63, 3.8) is 0 Å². The van der Waals surface area contributed by atoms with Crippen molar-refractivity contribution in [1.29, 1.82) is 0 Å². The molecule has 0 unspecified atom stereocenters. The highest BCUT2D eigenvalue weighted by atomic mass is 15.2. The maximum atomic E-state index is 4.63. The molecule has 0 atom stereocenters. The van der Waals surface area contributed by atoms with Crippen molar-refractivity contribution in [3.05, 3.63) is 79.5 Å². The Morgan fingerprint density at radius 2 is 1.89 bits per heavy atom. The Kier molecular flexibility index (Phi) is 5.28. The molecule has 6 aromatic heterocycles. The van der Waals surface area contributed by atoms with Crippen molar-refractivity contribution in [2.45, 2.75) is 32.6 Å². The van der Waals surface area contributed by atoms with E-state index in [0.717, 1.165) is 61.7 Å². The summed E-state index contributed by atoms with van der Waals surface area (Å²) in [6.07, 6.45) is 16.1. The van der Waals surface area contributed by atoms with Crippen LogP contribution in [-0.4, -0.2) is 39.7 Å². The normalized spacial score (nSPS) is 14.0. The quantitative estimate of drug-likeness (QED) is 0.251. The molecule has 1 fully saturated rings. The summed E-state index contributed by atoms with van der Waals surface area (Å²) in [7, 11) is 0. The van der Waals surface area contributed by atoms with Gasteiger partial charge in [0.2, 0.25) is 0 Å². The van der Waals surface area contributed by atoms with Gasteiger partial charge in [-0.1, -0.05) is 19.4 Å². The molecule has 38 heavy (non-hydrogen) atoms. The molecule has 1 saturated carbocycles. The lowest BCUT2D eigenvalue weighted by Crippen LogP contribution is -2.07. The van der Waals surface area contributed by atoms with Crippen molar-refractivity contribution in [3.8, 4) is 28.3 Å². The van der Waals surface area contributed by atoms with Gasteiger partial charge in [0.05, 0.1) is 34.5 Å². The van der Waals surface area contributed by atoms with Crippen molar-refractivity contribution < 1.29 is 0 Å². The third-order valence-electron chi connectivity index (χ3n) is 7.39. The smallest absolute Gasteiger partial charge is 0.181 e. The van der Waals surface area contributed by atoms with Crippen LogP contribution < -0.4 is 5.32 Å². The van der Waals surface area contributed by atoms with Gasteiger partial charge in [0.25, 0.3) is 0 Å². The van der Waals surface area contributed by atoms with Crippen molar-refractivity contribution in [2.75, 3.05) is 5.32 Å². The first-order valence-corrected chi connectivity index (χ1v) is 12.9. The summed E-state index contributed by atoms with van der Waals surface area (Å²) in [6, 6.07) is 8.27. The van der Waals surface area contributed by atoms with E-state index in [0.29, 0.717) is 11.6 Å². The minimum atomic E-state index is 0.537. The predicted molar refractivity (Wildman–Crippen MR) is 149 cm³/mol. The van der Waals surface area contributed by atoms with E-state index in [9.17, 15) is 0 Å². The molecule has 0 bridgehead atoms. The summed E-state index contributed by atoms with van der Waals surface area (Å²) in [5.41, 5.74) is 8.32. The van der Waals surface area contributed by atoms with Gasteiger partial charge >= 0.3 is 0 Å². The maximum absolute atomic E-state index is 4.63. The highest BCUT2D eigenvalue weighted by Crippen LogP contribution is 2.34. The Bertz CT molecular complexity index is 1800. The molecule has 7 rings (SSSR count). The highest BCUT2D eigenvalue weighted by molar-refractivity contribution is 5.97. The molecule has 1 aliphatic rings. The van der Waals surface area contributed by atoms with E-state index < -0.39 is 0 Å². The van der Waals surface area contributed by atoms with Crippen molar-refractivity contribution >= 4 is 27.6 Å². The number of anilines is 1. The van der Waals surface area contributed by atoms with Gasteiger partial charge in [0, 0.05) is 52.4 Å². The number of aromatic nitrogens is 8. The number of allylic oxidation sites excluding steroid dienone is 1. The molecular weight excluding hydrogens is 474 g/mol. The number of H-pyrrole nitrogens is 2. The summed E-state index contributed by atoms with van der Waals surface area (Å²) in [4.78, 5) is 21.6. The van der Waals surface area contributed by atoms with Crippen LogP contribution in [0.3, 0.4) is 0 Å². The third-order valence-corrected chi connectivity index (χ3v) is 7.39. The fraction of sp³-hybridized carbons (Fsp3) is 0.207. The minimum absolute atomic E-state index is 0.537. The van der Waals surface area contributed by atoms with Gasteiger partial charge in [-0.2, -0.15) is 5.10 Å². The van der Waals surface area contributed by atoms with E-state index in [1.165, 1.54) is 25.7 Å². The number of aryl methyl sites for hydroxylation is 1. The molecule has 188 valence electrons. The molecule has 9 heteroatoms. The molecule has 0 aliphatic heterocycles. The van der Waals surface area contributed by atoms with Crippen molar-refractivity contribution in [2.24, 2.45) is 5.92 Å². The third kappa shape index (κ3) is 3.92. The molecular formula is C29H27N9. The maximum Gasteiger partial charge on any atom is 0.181 e. The highest BCUT2D eigenvalue weighted by Gasteiger charge is 2.19. The first-order valence-electron chi connectivity index (χ1n) is 12.9. The van der Waals surface area contributed by atoms with Gasteiger partial charge in [0.1, 0.15) is 12.1 Å².